The molecule has 0 saturated carbocycles. The Labute approximate surface area is 146 Å². The molecule has 3 amide bonds. The van der Waals surface area contributed by atoms with Gasteiger partial charge in [0.1, 0.15) is 12.0 Å². The molecule has 1 aromatic rings. The van der Waals surface area contributed by atoms with E-state index in [0.717, 1.165) is 15.9 Å². The normalized spacial score (nSPS) is 19.0. The summed E-state index contributed by atoms with van der Waals surface area (Å²) in [4.78, 5) is 30.2. The molecule has 0 aromatic heterocycles. The van der Waals surface area contributed by atoms with Gasteiger partial charge in [-0.3, -0.25) is 15.0 Å². The zero-order chi connectivity index (χ0) is 17.4. The number of nitrogens with zero attached hydrogens (tertiary/aromatic N) is 3. The first-order chi connectivity index (χ1) is 10.7. The molecular weight excluding hydrogens is 370 g/mol. The molecule has 124 valence electrons. The molecule has 1 aliphatic heterocycles. The van der Waals surface area contributed by atoms with Crippen LogP contribution in [0.15, 0.2) is 29.3 Å². The van der Waals surface area contributed by atoms with E-state index < -0.39 is 27.7 Å². The third kappa shape index (κ3) is 3.42. The van der Waals surface area contributed by atoms with Gasteiger partial charge in [0.05, 0.1) is 5.69 Å². The van der Waals surface area contributed by atoms with E-state index in [1.54, 1.807) is 0 Å². The minimum Gasteiger partial charge on any atom is -0.295 e. The van der Waals surface area contributed by atoms with Gasteiger partial charge in [-0.05, 0) is 19.2 Å². The molecule has 1 saturated heterocycles. The molecule has 1 fully saturated rings. The summed E-state index contributed by atoms with van der Waals surface area (Å²) in [5, 5.41) is 2.62. The summed E-state index contributed by atoms with van der Waals surface area (Å²) in [5.74, 6) is -1.76. The summed E-state index contributed by atoms with van der Waals surface area (Å²) >= 11 is 17.3. The minimum atomic E-state index is -1.87. The van der Waals surface area contributed by atoms with Crippen molar-refractivity contribution < 1.29 is 14.0 Å². The number of benzene rings is 1. The number of aliphatic imine (C=N–C) groups is 1. The van der Waals surface area contributed by atoms with E-state index in [9.17, 15) is 14.0 Å². The third-order valence-corrected chi connectivity index (χ3v) is 3.73. The van der Waals surface area contributed by atoms with Crippen molar-refractivity contribution in [3.05, 3.63) is 30.1 Å². The third-order valence-electron chi connectivity index (χ3n) is 3.11. The topological polar surface area (TPSA) is 65.0 Å². The number of carbonyl (C=O) groups excluding carboxylic acids is 2. The van der Waals surface area contributed by atoms with Crippen molar-refractivity contribution in [1.82, 2.24) is 10.2 Å². The molecule has 1 aromatic carbocycles. The Balaban J connectivity index is 2.56. The molecule has 1 aliphatic rings. The molecule has 0 radical (unpaired) electrons. The summed E-state index contributed by atoms with van der Waals surface area (Å²) in [6, 6.07) is 4.74. The molecule has 1 unspecified atom stereocenters. The number of hydrogen-bond acceptors (Lipinski definition) is 4. The molecule has 0 spiro atoms. The number of rotatable bonds is 3. The van der Waals surface area contributed by atoms with Crippen LogP contribution in [0.4, 0.5) is 14.9 Å². The van der Waals surface area contributed by atoms with Crippen LogP contribution in [0.25, 0.3) is 0 Å². The first kappa shape index (κ1) is 17.9. The lowest BCUT2D eigenvalue weighted by atomic mass is 10.3. The molecular formula is C13H12Cl3FN4O2. The number of imide groups is 1. The SMILES string of the molecule is CNC(/N=C1/C(=O)N(C)C(=O)N1c1ccccc1F)C(Cl)(Cl)Cl. The lowest BCUT2D eigenvalue weighted by Crippen LogP contribution is -2.40. The summed E-state index contributed by atoms with van der Waals surface area (Å²) in [6.45, 7) is 0. The Morgan fingerprint density at radius 3 is 2.39 bits per heavy atom. The fourth-order valence-corrected chi connectivity index (χ4v) is 2.43. The lowest BCUT2D eigenvalue weighted by Gasteiger charge is -2.22. The fourth-order valence-electron chi connectivity index (χ4n) is 1.96. The van der Waals surface area contributed by atoms with Gasteiger partial charge in [0.25, 0.3) is 5.91 Å². The number of urea groups is 1. The molecule has 6 nitrogen and oxygen atoms in total. The van der Waals surface area contributed by atoms with Crippen LogP contribution >= 0.6 is 34.8 Å². The molecule has 1 N–H and O–H groups in total. The van der Waals surface area contributed by atoms with Crippen LogP contribution in [0.5, 0.6) is 0 Å². The Hall–Kier alpha value is -1.41. The van der Waals surface area contributed by atoms with Gasteiger partial charge in [0.15, 0.2) is 0 Å². The van der Waals surface area contributed by atoms with Crippen molar-refractivity contribution in [1.29, 1.82) is 0 Å². The van der Waals surface area contributed by atoms with Gasteiger partial charge in [-0.1, -0.05) is 46.9 Å². The zero-order valence-corrected chi connectivity index (χ0v) is 14.3. The number of anilines is 1. The van der Waals surface area contributed by atoms with E-state index in [2.05, 4.69) is 10.3 Å². The first-order valence-electron chi connectivity index (χ1n) is 6.37. The van der Waals surface area contributed by atoms with Crippen molar-refractivity contribution in [2.45, 2.75) is 9.96 Å². The van der Waals surface area contributed by atoms with Crippen LogP contribution in [0.1, 0.15) is 0 Å². The quantitative estimate of drug-likeness (QED) is 0.646. The molecule has 0 aliphatic carbocycles. The Morgan fingerprint density at radius 1 is 1.26 bits per heavy atom. The number of alkyl halides is 3. The van der Waals surface area contributed by atoms with Gasteiger partial charge < -0.3 is 0 Å². The van der Waals surface area contributed by atoms with Crippen LogP contribution in [0.2, 0.25) is 0 Å². The monoisotopic (exact) mass is 380 g/mol. The highest BCUT2D eigenvalue weighted by atomic mass is 35.6. The number of amides is 3. The largest absolute Gasteiger partial charge is 0.337 e. The maximum Gasteiger partial charge on any atom is 0.337 e. The highest BCUT2D eigenvalue weighted by Gasteiger charge is 2.44. The minimum absolute atomic E-state index is 0.117. The first-order valence-corrected chi connectivity index (χ1v) is 7.50. The van der Waals surface area contributed by atoms with E-state index in [-0.39, 0.29) is 11.5 Å². The fraction of sp³-hybridized carbons (Fsp3) is 0.308. The maximum atomic E-state index is 14.0. The number of likely N-dealkylation sites (N-methyl/N-ethyl adjacent to an activating group) is 1. The molecule has 1 heterocycles. The van der Waals surface area contributed by atoms with E-state index >= 15 is 0 Å². The highest BCUT2D eigenvalue weighted by Crippen LogP contribution is 2.32. The van der Waals surface area contributed by atoms with E-state index in [1.807, 2.05) is 0 Å². The summed E-state index contributed by atoms with van der Waals surface area (Å²) in [5.41, 5.74) is -0.117. The summed E-state index contributed by atoms with van der Waals surface area (Å²) in [7, 11) is 2.72. The second-order valence-corrected chi connectivity index (χ2v) is 6.99. The number of carbonyl (C=O) groups is 2. The Kier molecular flexibility index (Phi) is 5.15. The number of hydrogen-bond donors (Lipinski definition) is 1. The van der Waals surface area contributed by atoms with Crippen molar-refractivity contribution in [2.75, 3.05) is 19.0 Å². The van der Waals surface area contributed by atoms with Gasteiger partial charge in [-0.15, -0.1) is 0 Å². The number of amidine groups is 1. The van der Waals surface area contributed by atoms with Gasteiger partial charge in [-0.25, -0.2) is 19.1 Å². The average molecular weight is 382 g/mol. The smallest absolute Gasteiger partial charge is 0.295 e. The van der Waals surface area contributed by atoms with Crippen LogP contribution in [0.3, 0.4) is 0 Å². The molecule has 23 heavy (non-hydrogen) atoms. The second kappa shape index (κ2) is 6.60. The van der Waals surface area contributed by atoms with Crippen molar-refractivity contribution in [3.63, 3.8) is 0 Å². The van der Waals surface area contributed by atoms with Crippen LogP contribution in [0, 0.1) is 5.82 Å². The van der Waals surface area contributed by atoms with Gasteiger partial charge in [-0.2, -0.15) is 0 Å². The summed E-state index contributed by atoms with van der Waals surface area (Å²) < 4.78 is 12.2. The Morgan fingerprint density at radius 2 is 1.87 bits per heavy atom. The standard InChI is InChI=1S/C13H12Cl3FN4O2/c1-18-11(13(14,15)16)19-9-10(22)20(2)12(23)21(9)8-6-4-3-5-7(8)17/h3-6,11,18H,1-2H3/b19-9-. The van der Waals surface area contributed by atoms with Crippen molar-refractivity contribution in [3.8, 4) is 0 Å². The van der Waals surface area contributed by atoms with Crippen molar-refractivity contribution in [2.24, 2.45) is 4.99 Å². The van der Waals surface area contributed by atoms with Gasteiger partial charge >= 0.3 is 6.03 Å². The molecule has 2 rings (SSSR count). The van der Waals surface area contributed by atoms with Gasteiger partial charge in [0, 0.05) is 7.05 Å². The Bertz CT molecular complexity index is 677. The summed E-state index contributed by atoms with van der Waals surface area (Å²) in [6.07, 6.45) is -1.11. The molecule has 10 heteroatoms. The van der Waals surface area contributed by atoms with Crippen LogP contribution < -0.4 is 10.2 Å². The second-order valence-electron chi connectivity index (χ2n) is 4.62. The predicted molar refractivity (Wildman–Crippen MR) is 87.6 cm³/mol. The number of nitrogens with one attached hydrogen (secondary N) is 1. The molecule has 0 bridgehead atoms. The van der Waals surface area contributed by atoms with E-state index in [4.69, 9.17) is 34.8 Å². The van der Waals surface area contributed by atoms with E-state index in [0.29, 0.717) is 0 Å². The number of para-hydroxylation sites is 1. The van der Waals surface area contributed by atoms with Gasteiger partial charge in [0.2, 0.25) is 9.63 Å². The highest BCUT2D eigenvalue weighted by molar-refractivity contribution is 6.68. The van der Waals surface area contributed by atoms with Crippen molar-refractivity contribution >= 4 is 58.3 Å². The van der Waals surface area contributed by atoms with E-state index in [1.165, 1.54) is 32.3 Å². The average Bonchev–Trinajstić information content (AvgIpc) is 2.68. The zero-order valence-electron chi connectivity index (χ0n) is 12.1. The predicted octanol–water partition coefficient (Wildman–Crippen LogP) is 2.54. The molecule has 1 atom stereocenters. The van der Waals surface area contributed by atoms with Crippen LogP contribution in [-0.4, -0.2) is 46.7 Å². The number of halogens is 4. The van der Waals surface area contributed by atoms with Crippen LogP contribution in [-0.2, 0) is 4.79 Å². The maximum absolute atomic E-state index is 14.0. The lowest BCUT2D eigenvalue weighted by molar-refractivity contribution is -0.119.